The summed E-state index contributed by atoms with van der Waals surface area (Å²) in [6.07, 6.45) is 0.834. The maximum Gasteiger partial charge on any atom is 0.498 e. The van der Waals surface area contributed by atoms with Gasteiger partial charge in [0.1, 0.15) is 5.75 Å². The van der Waals surface area contributed by atoms with Gasteiger partial charge in [0.2, 0.25) is 0 Å². The van der Waals surface area contributed by atoms with Crippen LogP contribution in [0.15, 0.2) is 12.1 Å². The van der Waals surface area contributed by atoms with E-state index in [2.05, 4.69) is 5.32 Å². The van der Waals surface area contributed by atoms with Crippen LogP contribution in [0, 0.1) is 0 Å². The van der Waals surface area contributed by atoms with Crippen LogP contribution in [-0.2, 0) is 15.7 Å². The molecule has 24 heavy (non-hydrogen) atoms. The molecule has 6 heteroatoms. The summed E-state index contributed by atoms with van der Waals surface area (Å²) in [5, 5.41) is 2.89. The first kappa shape index (κ1) is 17.3. The third-order valence-corrected chi connectivity index (χ3v) is 5.03. The number of ether oxygens (including phenoxy) is 1. The molecular formula is C18H26BNO4. The van der Waals surface area contributed by atoms with Gasteiger partial charge in [-0.2, -0.15) is 0 Å². The maximum atomic E-state index is 12.2. The number of carbonyl (C=O) groups excluding carboxylic acids is 1. The summed E-state index contributed by atoms with van der Waals surface area (Å²) >= 11 is 0. The van der Waals surface area contributed by atoms with Crippen LogP contribution in [0.1, 0.15) is 57.5 Å². The van der Waals surface area contributed by atoms with E-state index in [4.69, 9.17) is 14.0 Å². The molecule has 0 saturated carbocycles. The number of fused-ring (bicyclic) bond motifs is 1. The third kappa shape index (κ3) is 2.93. The summed E-state index contributed by atoms with van der Waals surface area (Å²) in [7, 11) is -0.552. The Morgan fingerprint density at radius 2 is 1.79 bits per heavy atom. The van der Waals surface area contributed by atoms with Crippen molar-refractivity contribution >= 4 is 18.5 Å². The lowest BCUT2D eigenvalue weighted by Crippen LogP contribution is -2.41. The van der Waals surface area contributed by atoms with E-state index in [1.807, 2.05) is 53.7 Å². The fourth-order valence-electron chi connectivity index (χ4n) is 2.97. The van der Waals surface area contributed by atoms with Crippen molar-refractivity contribution < 1.29 is 18.8 Å². The quantitative estimate of drug-likeness (QED) is 0.862. The monoisotopic (exact) mass is 331 g/mol. The van der Waals surface area contributed by atoms with E-state index in [1.165, 1.54) is 0 Å². The average Bonchev–Trinajstić information content (AvgIpc) is 2.66. The Morgan fingerprint density at radius 3 is 2.38 bits per heavy atom. The molecular weight excluding hydrogens is 305 g/mol. The van der Waals surface area contributed by atoms with Gasteiger partial charge < -0.3 is 19.4 Å². The standard InChI is InChI=1S/C18H26BNO4/c1-11(2)22-15-9-12-7-8-20-16(21)13(12)10-14(15)19-23-17(3,4)18(5,6)24-19/h9-11H,7-8H2,1-6H3,(H,20,21). The van der Waals surface area contributed by atoms with Gasteiger partial charge in [-0.25, -0.2) is 0 Å². The van der Waals surface area contributed by atoms with Crippen molar-refractivity contribution in [3.05, 3.63) is 23.3 Å². The van der Waals surface area contributed by atoms with Crippen LogP contribution in [0.3, 0.4) is 0 Å². The zero-order chi connectivity index (χ0) is 17.7. The second-order valence-electron chi connectivity index (χ2n) is 7.81. The number of rotatable bonds is 3. The molecule has 1 aromatic rings. The normalized spacial score (nSPS) is 21.6. The molecule has 2 aliphatic rings. The van der Waals surface area contributed by atoms with Crippen molar-refractivity contribution in [2.45, 2.75) is 65.3 Å². The van der Waals surface area contributed by atoms with Gasteiger partial charge in [0.05, 0.1) is 17.3 Å². The van der Waals surface area contributed by atoms with Crippen molar-refractivity contribution in [1.82, 2.24) is 5.32 Å². The van der Waals surface area contributed by atoms with Crippen molar-refractivity contribution in [2.24, 2.45) is 0 Å². The number of hydrogen-bond acceptors (Lipinski definition) is 4. The van der Waals surface area contributed by atoms with Crippen LogP contribution < -0.4 is 15.5 Å². The SMILES string of the molecule is CC(C)Oc1cc2c(cc1B1OC(C)(C)C(C)(C)O1)C(=O)NCC2. The van der Waals surface area contributed by atoms with Crippen LogP contribution in [0.25, 0.3) is 0 Å². The number of nitrogens with one attached hydrogen (secondary N) is 1. The van der Waals surface area contributed by atoms with Gasteiger partial charge >= 0.3 is 7.12 Å². The van der Waals surface area contributed by atoms with E-state index in [0.717, 1.165) is 23.2 Å². The van der Waals surface area contributed by atoms with Crippen molar-refractivity contribution in [1.29, 1.82) is 0 Å². The van der Waals surface area contributed by atoms with E-state index >= 15 is 0 Å². The van der Waals surface area contributed by atoms with E-state index in [1.54, 1.807) is 0 Å². The summed E-state index contributed by atoms with van der Waals surface area (Å²) in [6, 6.07) is 3.83. The van der Waals surface area contributed by atoms with E-state index in [-0.39, 0.29) is 12.0 Å². The van der Waals surface area contributed by atoms with Gasteiger partial charge in [0.25, 0.3) is 5.91 Å². The molecule has 0 radical (unpaired) electrons. The van der Waals surface area contributed by atoms with Crippen LogP contribution in [0.2, 0.25) is 0 Å². The molecule has 1 N–H and O–H groups in total. The Bertz CT molecular complexity index is 653. The molecule has 0 bridgehead atoms. The fourth-order valence-corrected chi connectivity index (χ4v) is 2.97. The van der Waals surface area contributed by atoms with Gasteiger partial charge in [-0.15, -0.1) is 0 Å². The molecule has 0 aromatic heterocycles. The van der Waals surface area contributed by atoms with Crippen LogP contribution >= 0.6 is 0 Å². The predicted molar refractivity (Wildman–Crippen MR) is 94.0 cm³/mol. The first-order chi connectivity index (χ1) is 11.1. The number of carbonyl (C=O) groups is 1. The summed E-state index contributed by atoms with van der Waals surface area (Å²) in [4.78, 5) is 12.2. The molecule has 1 saturated heterocycles. The molecule has 0 aliphatic carbocycles. The topological polar surface area (TPSA) is 56.8 Å². The smallest absolute Gasteiger partial charge is 0.491 e. The highest BCUT2D eigenvalue weighted by Gasteiger charge is 2.52. The largest absolute Gasteiger partial charge is 0.498 e. The number of amides is 1. The zero-order valence-electron chi connectivity index (χ0n) is 15.4. The first-order valence-corrected chi connectivity index (χ1v) is 8.58. The Morgan fingerprint density at radius 1 is 1.17 bits per heavy atom. The zero-order valence-corrected chi connectivity index (χ0v) is 15.4. The Labute approximate surface area is 144 Å². The summed E-state index contributed by atoms with van der Waals surface area (Å²) in [6.45, 7) is 12.7. The molecule has 2 aliphatic heterocycles. The first-order valence-electron chi connectivity index (χ1n) is 8.58. The minimum atomic E-state index is -0.552. The molecule has 130 valence electrons. The predicted octanol–water partition coefficient (Wildman–Crippen LogP) is 2.06. The Kier molecular flexibility index (Phi) is 4.17. The summed E-state index contributed by atoms with van der Waals surface area (Å²) < 4.78 is 18.3. The van der Waals surface area contributed by atoms with Gasteiger partial charge in [0.15, 0.2) is 0 Å². The van der Waals surface area contributed by atoms with E-state index in [9.17, 15) is 4.79 Å². The highest BCUT2D eigenvalue weighted by atomic mass is 16.7. The van der Waals surface area contributed by atoms with Gasteiger partial charge in [-0.3, -0.25) is 4.79 Å². The Hall–Kier alpha value is -1.53. The van der Waals surface area contributed by atoms with Crippen LogP contribution in [0.4, 0.5) is 0 Å². The minimum Gasteiger partial charge on any atom is -0.491 e. The molecule has 2 heterocycles. The van der Waals surface area contributed by atoms with Crippen molar-refractivity contribution in [2.75, 3.05) is 6.54 Å². The summed E-state index contributed by atoms with van der Waals surface area (Å²) in [5.41, 5.74) is 1.59. The fraction of sp³-hybridized carbons (Fsp3) is 0.611. The summed E-state index contributed by atoms with van der Waals surface area (Å²) in [5.74, 6) is 0.682. The third-order valence-electron chi connectivity index (χ3n) is 5.03. The molecule has 0 unspecified atom stereocenters. The maximum absolute atomic E-state index is 12.2. The van der Waals surface area contributed by atoms with Crippen molar-refractivity contribution in [3.63, 3.8) is 0 Å². The lowest BCUT2D eigenvalue weighted by molar-refractivity contribution is 0.00578. The van der Waals surface area contributed by atoms with Gasteiger partial charge in [-0.05, 0) is 65.7 Å². The second-order valence-corrected chi connectivity index (χ2v) is 7.81. The molecule has 0 atom stereocenters. The molecule has 1 aromatic carbocycles. The van der Waals surface area contributed by atoms with Gasteiger partial charge in [0, 0.05) is 17.6 Å². The molecule has 3 rings (SSSR count). The molecule has 0 spiro atoms. The molecule has 1 fully saturated rings. The Balaban J connectivity index is 2.05. The molecule has 5 nitrogen and oxygen atoms in total. The molecule has 1 amide bonds. The minimum absolute atomic E-state index is 0.0293. The van der Waals surface area contributed by atoms with Gasteiger partial charge in [-0.1, -0.05) is 0 Å². The van der Waals surface area contributed by atoms with Crippen LogP contribution in [-0.4, -0.2) is 36.9 Å². The average molecular weight is 331 g/mol. The van der Waals surface area contributed by atoms with E-state index < -0.39 is 18.3 Å². The number of benzene rings is 1. The van der Waals surface area contributed by atoms with E-state index in [0.29, 0.717) is 12.1 Å². The van der Waals surface area contributed by atoms with Crippen LogP contribution in [0.5, 0.6) is 5.75 Å². The lowest BCUT2D eigenvalue weighted by atomic mass is 9.76. The lowest BCUT2D eigenvalue weighted by Gasteiger charge is -2.32. The van der Waals surface area contributed by atoms with Crippen molar-refractivity contribution in [3.8, 4) is 5.75 Å². The highest BCUT2D eigenvalue weighted by Crippen LogP contribution is 2.37. The highest BCUT2D eigenvalue weighted by molar-refractivity contribution is 6.63. The number of hydrogen-bond donors (Lipinski definition) is 1. The second kappa shape index (κ2) is 5.78.